The van der Waals surface area contributed by atoms with Crippen LogP contribution in [0, 0.1) is 0 Å². The van der Waals surface area contributed by atoms with Gasteiger partial charge < -0.3 is 4.90 Å². The minimum atomic E-state index is -4.42. The van der Waals surface area contributed by atoms with Crippen molar-refractivity contribution in [1.82, 2.24) is 4.90 Å². The molecule has 1 aromatic carbocycles. The van der Waals surface area contributed by atoms with Crippen LogP contribution in [0.3, 0.4) is 0 Å². The highest BCUT2D eigenvalue weighted by Crippen LogP contribution is 2.25. The molecule has 0 spiro atoms. The van der Waals surface area contributed by atoms with Gasteiger partial charge in [0.25, 0.3) is 0 Å². The van der Waals surface area contributed by atoms with Crippen molar-refractivity contribution < 1.29 is 18.0 Å². The van der Waals surface area contributed by atoms with E-state index in [2.05, 4.69) is 0 Å². The summed E-state index contributed by atoms with van der Waals surface area (Å²) in [6.07, 6.45) is -3.97. The van der Waals surface area contributed by atoms with E-state index in [9.17, 15) is 18.0 Å². The second kappa shape index (κ2) is 6.80. The van der Waals surface area contributed by atoms with Crippen molar-refractivity contribution in [1.29, 1.82) is 0 Å². The molecule has 0 saturated heterocycles. The van der Waals surface area contributed by atoms with Gasteiger partial charge in [-0.05, 0) is 12.0 Å². The average molecular weight is 294 g/mol. The van der Waals surface area contributed by atoms with Crippen molar-refractivity contribution in [2.24, 2.45) is 0 Å². The number of carbonyl (C=O) groups excluding carboxylic acids is 1. The molecule has 2 nitrogen and oxygen atoms in total. The highest BCUT2D eigenvalue weighted by atomic mass is 35.5. The molecule has 0 N–H and O–H groups in total. The topological polar surface area (TPSA) is 20.3 Å². The summed E-state index contributed by atoms with van der Waals surface area (Å²) >= 11 is 5.96. The van der Waals surface area contributed by atoms with Crippen LogP contribution >= 0.6 is 11.6 Å². The number of benzene rings is 1. The first kappa shape index (κ1) is 15.8. The first-order valence-electron chi connectivity index (χ1n) is 5.89. The Morgan fingerprint density at radius 3 is 2.37 bits per heavy atom. The maximum atomic E-state index is 12.4. The molecular weight excluding hydrogens is 279 g/mol. The first-order chi connectivity index (χ1) is 8.85. The predicted octanol–water partition coefficient (Wildman–Crippen LogP) is 3.77. The van der Waals surface area contributed by atoms with Crippen molar-refractivity contribution in [2.45, 2.75) is 24.9 Å². The van der Waals surface area contributed by atoms with E-state index in [0.29, 0.717) is 12.0 Å². The monoisotopic (exact) mass is 293 g/mol. The molecule has 1 rings (SSSR count). The molecule has 0 aliphatic carbocycles. The average Bonchev–Trinajstić information content (AvgIpc) is 2.36. The lowest BCUT2D eigenvalue weighted by Crippen LogP contribution is -2.41. The lowest BCUT2D eigenvalue weighted by Gasteiger charge is -2.25. The SMILES string of the molecule is CCCN(CC(F)(F)F)C(=O)C(Cl)c1ccccc1. The zero-order valence-corrected chi connectivity index (χ0v) is 11.2. The van der Waals surface area contributed by atoms with Crippen molar-refractivity contribution in [3.05, 3.63) is 35.9 Å². The Kier molecular flexibility index (Phi) is 5.66. The van der Waals surface area contributed by atoms with E-state index < -0.39 is 24.0 Å². The van der Waals surface area contributed by atoms with Crippen molar-refractivity contribution in [3.63, 3.8) is 0 Å². The van der Waals surface area contributed by atoms with Crippen LogP contribution in [0.25, 0.3) is 0 Å². The lowest BCUT2D eigenvalue weighted by atomic mass is 10.1. The molecule has 0 heterocycles. The molecule has 1 aromatic rings. The third-order valence-electron chi connectivity index (χ3n) is 2.48. The Morgan fingerprint density at radius 2 is 1.89 bits per heavy atom. The van der Waals surface area contributed by atoms with Gasteiger partial charge in [-0.1, -0.05) is 37.3 Å². The Hall–Kier alpha value is -1.23. The molecule has 19 heavy (non-hydrogen) atoms. The largest absolute Gasteiger partial charge is 0.406 e. The van der Waals surface area contributed by atoms with E-state index in [1.807, 2.05) is 0 Å². The van der Waals surface area contributed by atoms with E-state index in [4.69, 9.17) is 11.6 Å². The number of carbonyl (C=O) groups is 1. The number of rotatable bonds is 5. The second-order valence-corrected chi connectivity index (χ2v) is 4.58. The maximum absolute atomic E-state index is 12.4. The quantitative estimate of drug-likeness (QED) is 0.757. The number of hydrogen-bond acceptors (Lipinski definition) is 1. The molecule has 1 atom stereocenters. The zero-order chi connectivity index (χ0) is 14.5. The molecule has 0 bridgehead atoms. The zero-order valence-electron chi connectivity index (χ0n) is 10.5. The number of nitrogens with zero attached hydrogens (tertiary/aromatic N) is 1. The van der Waals surface area contributed by atoms with Crippen LogP contribution < -0.4 is 0 Å². The van der Waals surface area contributed by atoms with Crippen LogP contribution in [0.1, 0.15) is 24.3 Å². The fourth-order valence-corrected chi connectivity index (χ4v) is 1.96. The third kappa shape index (κ3) is 5.11. The molecule has 1 unspecified atom stereocenters. The fraction of sp³-hybridized carbons (Fsp3) is 0.462. The molecule has 0 saturated carbocycles. The summed E-state index contributed by atoms with van der Waals surface area (Å²) in [5.41, 5.74) is 0.498. The number of hydrogen-bond donors (Lipinski definition) is 0. The van der Waals surface area contributed by atoms with Crippen LogP contribution in [-0.4, -0.2) is 30.1 Å². The van der Waals surface area contributed by atoms with Gasteiger partial charge in [0.1, 0.15) is 11.9 Å². The van der Waals surface area contributed by atoms with E-state index in [-0.39, 0.29) is 6.54 Å². The Bertz CT molecular complexity index is 408. The van der Waals surface area contributed by atoms with Gasteiger partial charge in [-0.15, -0.1) is 11.6 Å². The summed E-state index contributed by atoms with van der Waals surface area (Å²) in [4.78, 5) is 12.8. The van der Waals surface area contributed by atoms with Crippen LogP contribution in [0.5, 0.6) is 0 Å². The maximum Gasteiger partial charge on any atom is 0.406 e. The molecule has 0 fully saturated rings. The van der Waals surface area contributed by atoms with Crippen molar-refractivity contribution in [3.8, 4) is 0 Å². The van der Waals surface area contributed by atoms with Crippen LogP contribution in [0.4, 0.5) is 13.2 Å². The summed E-state index contributed by atoms with van der Waals surface area (Å²) < 4.78 is 37.3. The van der Waals surface area contributed by atoms with E-state index in [0.717, 1.165) is 4.90 Å². The Morgan fingerprint density at radius 1 is 1.32 bits per heavy atom. The molecule has 0 aliphatic heterocycles. The summed E-state index contributed by atoms with van der Waals surface area (Å²) in [6, 6.07) is 8.36. The van der Waals surface area contributed by atoms with Crippen LogP contribution in [0.15, 0.2) is 30.3 Å². The summed E-state index contributed by atoms with van der Waals surface area (Å²) in [5, 5.41) is -1.09. The highest BCUT2D eigenvalue weighted by molar-refractivity contribution is 6.30. The third-order valence-corrected chi connectivity index (χ3v) is 2.92. The number of alkyl halides is 4. The molecule has 0 aliphatic rings. The minimum absolute atomic E-state index is 0.0361. The first-order valence-corrected chi connectivity index (χ1v) is 6.33. The van der Waals surface area contributed by atoms with Gasteiger partial charge in [-0.2, -0.15) is 13.2 Å². The van der Waals surface area contributed by atoms with Gasteiger partial charge in [0.2, 0.25) is 5.91 Å². The normalized spacial score (nSPS) is 13.1. The molecule has 6 heteroatoms. The van der Waals surface area contributed by atoms with Gasteiger partial charge in [0.05, 0.1) is 0 Å². The summed E-state index contributed by atoms with van der Waals surface area (Å²) in [6.45, 7) is 0.479. The summed E-state index contributed by atoms with van der Waals surface area (Å²) in [5.74, 6) is -0.716. The van der Waals surface area contributed by atoms with Crippen LogP contribution in [-0.2, 0) is 4.79 Å². The van der Waals surface area contributed by atoms with Gasteiger partial charge in [-0.25, -0.2) is 0 Å². The van der Waals surface area contributed by atoms with E-state index in [1.54, 1.807) is 37.3 Å². The van der Waals surface area contributed by atoms with Crippen molar-refractivity contribution >= 4 is 17.5 Å². The van der Waals surface area contributed by atoms with Crippen LogP contribution in [0.2, 0.25) is 0 Å². The van der Waals surface area contributed by atoms with E-state index in [1.165, 1.54) is 0 Å². The minimum Gasteiger partial charge on any atom is -0.332 e. The van der Waals surface area contributed by atoms with Gasteiger partial charge in [0, 0.05) is 6.54 Å². The van der Waals surface area contributed by atoms with Gasteiger partial charge >= 0.3 is 6.18 Å². The smallest absolute Gasteiger partial charge is 0.332 e. The predicted molar refractivity (Wildman–Crippen MR) is 68.0 cm³/mol. The van der Waals surface area contributed by atoms with Gasteiger partial charge in [0.15, 0.2) is 0 Å². The molecule has 106 valence electrons. The van der Waals surface area contributed by atoms with Gasteiger partial charge in [-0.3, -0.25) is 4.79 Å². The highest BCUT2D eigenvalue weighted by Gasteiger charge is 2.34. The summed E-state index contributed by atoms with van der Waals surface area (Å²) in [7, 11) is 0. The van der Waals surface area contributed by atoms with E-state index >= 15 is 0 Å². The second-order valence-electron chi connectivity index (χ2n) is 4.15. The molecule has 1 amide bonds. The number of amides is 1. The molecule has 0 radical (unpaired) electrons. The lowest BCUT2D eigenvalue weighted by molar-refractivity contribution is -0.161. The molecule has 0 aromatic heterocycles. The fourth-order valence-electron chi connectivity index (χ4n) is 1.68. The van der Waals surface area contributed by atoms with Crippen molar-refractivity contribution in [2.75, 3.05) is 13.1 Å². The molecular formula is C13H15ClF3NO. The Balaban J connectivity index is 2.82. The standard InChI is InChI=1S/C13H15ClF3NO/c1-2-8-18(9-13(15,16)17)12(19)11(14)10-6-4-3-5-7-10/h3-7,11H,2,8-9H2,1H3. The Labute approximate surface area is 115 Å². The number of halogens is 4.